The predicted molar refractivity (Wildman–Crippen MR) is 54.4 cm³/mol. The summed E-state index contributed by atoms with van der Waals surface area (Å²) in [6, 6.07) is 9.01. The number of para-hydroxylation sites is 1. The van der Waals surface area contributed by atoms with Crippen LogP contribution >= 0.6 is 0 Å². The summed E-state index contributed by atoms with van der Waals surface area (Å²) in [7, 11) is 0. The Morgan fingerprint density at radius 2 is 1.92 bits per heavy atom. The monoisotopic (exact) mass is 184 g/mol. The molecular formula is C10H9NaO2. The van der Waals surface area contributed by atoms with E-state index in [1.807, 2.05) is 25.1 Å². The molecule has 0 amide bonds. The minimum absolute atomic E-state index is 0. The molecule has 0 fully saturated rings. The van der Waals surface area contributed by atoms with Gasteiger partial charge in [-0.15, -0.1) is 0 Å². The van der Waals surface area contributed by atoms with E-state index in [-0.39, 0.29) is 35.2 Å². The molecule has 1 aromatic carbocycles. The van der Waals surface area contributed by atoms with Gasteiger partial charge in [-0.1, -0.05) is 18.2 Å². The van der Waals surface area contributed by atoms with Gasteiger partial charge in [0.15, 0.2) is 0 Å². The molecule has 1 aromatic heterocycles. The molecule has 1 heterocycles. The first-order valence-electron chi connectivity index (χ1n) is 3.77. The molecule has 0 radical (unpaired) electrons. The molecular weight excluding hydrogens is 175 g/mol. The zero-order chi connectivity index (χ0) is 8.55. The Kier molecular flexibility index (Phi) is 3.31. The standard InChI is InChI=1S/C10H8O2.Na.H/c1-7-6-10(11)12-9-5-3-2-4-8(7)9;;/h2-6H,1H3;;. The SMILES string of the molecule is Cc1cc(=O)oc2ccccc12.[NaH]. The van der Waals surface area contributed by atoms with Crippen LogP contribution in [0.3, 0.4) is 0 Å². The van der Waals surface area contributed by atoms with Crippen LogP contribution in [0.1, 0.15) is 5.56 Å². The van der Waals surface area contributed by atoms with E-state index >= 15 is 0 Å². The van der Waals surface area contributed by atoms with Crippen LogP contribution < -0.4 is 5.63 Å². The van der Waals surface area contributed by atoms with E-state index < -0.39 is 0 Å². The van der Waals surface area contributed by atoms with Crippen LogP contribution in [0, 0.1) is 6.92 Å². The van der Waals surface area contributed by atoms with Gasteiger partial charge in [-0.2, -0.15) is 0 Å². The van der Waals surface area contributed by atoms with Crippen molar-refractivity contribution in [3.8, 4) is 0 Å². The fraction of sp³-hybridized carbons (Fsp3) is 0.100. The van der Waals surface area contributed by atoms with Gasteiger partial charge in [0.05, 0.1) is 0 Å². The van der Waals surface area contributed by atoms with Crippen molar-refractivity contribution in [2.24, 2.45) is 0 Å². The average molecular weight is 184 g/mol. The van der Waals surface area contributed by atoms with Crippen LogP contribution in [0.25, 0.3) is 11.0 Å². The second-order valence-corrected chi connectivity index (χ2v) is 2.74. The van der Waals surface area contributed by atoms with Gasteiger partial charge in [0, 0.05) is 11.5 Å². The van der Waals surface area contributed by atoms with Gasteiger partial charge < -0.3 is 4.42 Å². The van der Waals surface area contributed by atoms with Crippen LogP contribution in [-0.2, 0) is 0 Å². The summed E-state index contributed by atoms with van der Waals surface area (Å²) in [5.74, 6) is 0. The van der Waals surface area contributed by atoms with Gasteiger partial charge in [-0.25, -0.2) is 4.79 Å². The quantitative estimate of drug-likeness (QED) is 0.458. The number of rotatable bonds is 0. The molecule has 13 heavy (non-hydrogen) atoms. The molecule has 0 saturated heterocycles. The van der Waals surface area contributed by atoms with Gasteiger partial charge in [0.1, 0.15) is 5.58 Å². The molecule has 0 aliphatic rings. The van der Waals surface area contributed by atoms with E-state index in [0.29, 0.717) is 5.58 Å². The summed E-state index contributed by atoms with van der Waals surface area (Å²) in [5, 5.41) is 0.997. The van der Waals surface area contributed by atoms with E-state index in [1.165, 1.54) is 6.07 Å². The van der Waals surface area contributed by atoms with Crippen LogP contribution in [0.4, 0.5) is 0 Å². The van der Waals surface area contributed by atoms with Crippen molar-refractivity contribution in [1.82, 2.24) is 0 Å². The molecule has 0 spiro atoms. The Bertz CT molecular complexity index is 474. The number of hydrogen-bond donors (Lipinski definition) is 0. The molecule has 2 aromatic rings. The minimum atomic E-state index is -0.286. The second-order valence-electron chi connectivity index (χ2n) is 2.74. The predicted octanol–water partition coefficient (Wildman–Crippen LogP) is 1.45. The van der Waals surface area contributed by atoms with Crippen molar-refractivity contribution < 1.29 is 4.42 Å². The Hall–Kier alpha value is -0.570. The van der Waals surface area contributed by atoms with E-state index in [1.54, 1.807) is 6.07 Å². The van der Waals surface area contributed by atoms with Crippen molar-refractivity contribution in [3.63, 3.8) is 0 Å². The third-order valence-corrected chi connectivity index (χ3v) is 1.86. The van der Waals surface area contributed by atoms with Crippen LogP contribution in [0.2, 0.25) is 0 Å². The average Bonchev–Trinajstić information content (AvgIpc) is 2.04. The molecule has 2 rings (SSSR count). The molecule has 0 aliphatic carbocycles. The summed E-state index contributed by atoms with van der Waals surface area (Å²) < 4.78 is 4.99. The fourth-order valence-electron chi connectivity index (χ4n) is 1.27. The van der Waals surface area contributed by atoms with Crippen molar-refractivity contribution in [3.05, 3.63) is 46.3 Å². The van der Waals surface area contributed by atoms with E-state index in [9.17, 15) is 4.79 Å². The number of aryl methyl sites for hydroxylation is 1. The van der Waals surface area contributed by atoms with Crippen molar-refractivity contribution in [2.75, 3.05) is 0 Å². The normalized spacial score (nSPS) is 9.62. The number of hydrogen-bond acceptors (Lipinski definition) is 2. The van der Waals surface area contributed by atoms with Crippen LogP contribution in [0.5, 0.6) is 0 Å². The van der Waals surface area contributed by atoms with Crippen molar-refractivity contribution in [1.29, 1.82) is 0 Å². The number of fused-ring (bicyclic) bond motifs is 1. The zero-order valence-corrected chi connectivity index (χ0v) is 6.70. The molecule has 62 valence electrons. The maximum atomic E-state index is 10.9. The van der Waals surface area contributed by atoms with E-state index in [4.69, 9.17) is 4.42 Å². The van der Waals surface area contributed by atoms with Gasteiger partial charge in [-0.3, -0.25) is 0 Å². The van der Waals surface area contributed by atoms with Gasteiger partial charge in [0.25, 0.3) is 0 Å². The molecule has 0 bridgehead atoms. The zero-order valence-electron chi connectivity index (χ0n) is 6.70. The summed E-state index contributed by atoms with van der Waals surface area (Å²) in [4.78, 5) is 10.9. The first kappa shape index (κ1) is 10.5. The molecule has 0 N–H and O–H groups in total. The Morgan fingerprint density at radius 1 is 1.23 bits per heavy atom. The summed E-state index contributed by atoms with van der Waals surface area (Å²) >= 11 is 0. The molecule has 2 nitrogen and oxygen atoms in total. The van der Waals surface area contributed by atoms with Crippen molar-refractivity contribution >= 4 is 40.5 Å². The maximum absolute atomic E-state index is 10.9. The van der Waals surface area contributed by atoms with Gasteiger partial charge in [-0.05, 0) is 18.6 Å². The van der Waals surface area contributed by atoms with E-state index in [0.717, 1.165) is 10.9 Å². The third kappa shape index (κ3) is 2.02. The Morgan fingerprint density at radius 3 is 2.69 bits per heavy atom. The topological polar surface area (TPSA) is 30.2 Å². The Balaban J connectivity index is 0.000000845. The van der Waals surface area contributed by atoms with Crippen LogP contribution in [-0.4, -0.2) is 29.6 Å². The first-order valence-corrected chi connectivity index (χ1v) is 3.77. The summed E-state index contributed by atoms with van der Waals surface area (Å²) in [6.45, 7) is 1.90. The molecule has 0 unspecified atom stereocenters. The molecule has 0 saturated carbocycles. The summed E-state index contributed by atoms with van der Waals surface area (Å²) in [6.07, 6.45) is 0. The molecule has 0 atom stereocenters. The Labute approximate surface area is 97.9 Å². The number of benzene rings is 1. The third-order valence-electron chi connectivity index (χ3n) is 1.86. The molecule has 0 aliphatic heterocycles. The second kappa shape index (κ2) is 4.09. The fourth-order valence-corrected chi connectivity index (χ4v) is 1.27. The van der Waals surface area contributed by atoms with Gasteiger partial charge in [0.2, 0.25) is 0 Å². The van der Waals surface area contributed by atoms with E-state index in [2.05, 4.69) is 0 Å². The summed E-state index contributed by atoms with van der Waals surface area (Å²) in [5.41, 5.74) is 1.33. The van der Waals surface area contributed by atoms with Crippen molar-refractivity contribution in [2.45, 2.75) is 6.92 Å². The first-order chi connectivity index (χ1) is 5.77. The van der Waals surface area contributed by atoms with Crippen LogP contribution in [0.15, 0.2) is 39.5 Å². The molecule has 3 heteroatoms. The van der Waals surface area contributed by atoms with Gasteiger partial charge >= 0.3 is 35.2 Å².